The maximum Gasteiger partial charge on any atom is 0.265 e. The van der Waals surface area contributed by atoms with E-state index in [-0.39, 0.29) is 18.0 Å². The third-order valence-electron chi connectivity index (χ3n) is 4.62. The molecule has 0 radical (unpaired) electrons. The first-order valence-corrected chi connectivity index (χ1v) is 8.14. The zero-order chi connectivity index (χ0) is 14.1. The summed E-state index contributed by atoms with van der Waals surface area (Å²) in [5.41, 5.74) is 1.67. The summed E-state index contributed by atoms with van der Waals surface area (Å²) in [5, 5.41) is 10.6. The minimum atomic E-state index is -0.435. The molecule has 3 atom stereocenters. The molecule has 1 saturated carbocycles. The minimum absolute atomic E-state index is 0.0291. The summed E-state index contributed by atoms with van der Waals surface area (Å²) in [7, 11) is 1.79. The minimum Gasteiger partial charge on any atom is -0.389 e. The summed E-state index contributed by atoms with van der Waals surface area (Å²) in [4.78, 5) is 21.0. The van der Waals surface area contributed by atoms with Crippen LogP contribution in [0.2, 0.25) is 0 Å². The fourth-order valence-corrected chi connectivity index (χ4v) is 4.08. The molecule has 20 heavy (non-hydrogen) atoms. The number of hydrogen-bond donors (Lipinski definition) is 1. The van der Waals surface area contributed by atoms with Crippen LogP contribution in [0.15, 0.2) is 11.7 Å². The molecule has 0 spiro atoms. The van der Waals surface area contributed by atoms with Crippen LogP contribution >= 0.6 is 11.3 Å². The van der Waals surface area contributed by atoms with Gasteiger partial charge in [-0.2, -0.15) is 0 Å². The summed E-state index contributed by atoms with van der Waals surface area (Å²) in [5.74, 6) is -0.0291. The first-order valence-electron chi connectivity index (χ1n) is 7.26. The van der Waals surface area contributed by atoms with Crippen LogP contribution in [0.25, 0.3) is 0 Å². The van der Waals surface area contributed by atoms with Gasteiger partial charge in [-0.25, -0.2) is 0 Å². The van der Waals surface area contributed by atoms with Gasteiger partial charge in [-0.15, -0.1) is 11.3 Å². The molecule has 5 nitrogen and oxygen atoms in total. The molecule has 110 valence electrons. The number of likely N-dealkylation sites (N-methyl/N-ethyl adjacent to an activating group) is 1. The molecule has 1 aliphatic heterocycles. The van der Waals surface area contributed by atoms with Crippen LogP contribution < -0.4 is 0 Å². The van der Waals surface area contributed by atoms with Crippen molar-refractivity contribution in [3.05, 3.63) is 16.6 Å². The van der Waals surface area contributed by atoms with Gasteiger partial charge in [0, 0.05) is 13.1 Å². The Bertz CT molecular complexity index is 459. The molecule has 1 saturated heterocycles. The van der Waals surface area contributed by atoms with Crippen molar-refractivity contribution in [3.8, 4) is 0 Å². The van der Waals surface area contributed by atoms with E-state index in [0.29, 0.717) is 4.88 Å². The third kappa shape index (κ3) is 2.47. The molecule has 1 amide bonds. The molecule has 0 unspecified atom stereocenters. The van der Waals surface area contributed by atoms with E-state index in [4.69, 9.17) is 0 Å². The topological polar surface area (TPSA) is 56.7 Å². The van der Waals surface area contributed by atoms with Gasteiger partial charge in [-0.3, -0.25) is 14.7 Å². The molecular weight excluding hydrogens is 274 g/mol. The highest BCUT2D eigenvalue weighted by Gasteiger charge is 2.42. The first-order chi connectivity index (χ1) is 9.68. The number of aliphatic hydroxyl groups is 1. The van der Waals surface area contributed by atoms with Crippen molar-refractivity contribution in [2.45, 2.75) is 43.9 Å². The molecular formula is C14H21N3O2S. The number of carbonyl (C=O) groups is 1. The summed E-state index contributed by atoms with van der Waals surface area (Å²) in [6.07, 6.45) is 5.47. The Kier molecular flexibility index (Phi) is 4.05. The first kappa shape index (κ1) is 14.0. The summed E-state index contributed by atoms with van der Waals surface area (Å²) in [6.45, 7) is 2.17. The second-order valence-corrected chi connectivity index (χ2v) is 6.61. The van der Waals surface area contributed by atoms with E-state index in [2.05, 4.69) is 9.88 Å². The van der Waals surface area contributed by atoms with E-state index < -0.39 is 6.10 Å². The number of amides is 1. The highest BCUT2D eigenvalue weighted by Crippen LogP contribution is 2.31. The van der Waals surface area contributed by atoms with Gasteiger partial charge in [-0.05, 0) is 38.8 Å². The SMILES string of the molecule is CN(C(=O)c1cncs1)[C@@H]1CC[C@@H](N2CCCC2)[C@@H]1O. The smallest absolute Gasteiger partial charge is 0.265 e. The molecule has 2 fully saturated rings. The van der Waals surface area contributed by atoms with E-state index in [1.807, 2.05) is 0 Å². The molecule has 6 heteroatoms. The zero-order valence-corrected chi connectivity index (χ0v) is 12.6. The van der Waals surface area contributed by atoms with Crippen molar-refractivity contribution >= 4 is 17.2 Å². The van der Waals surface area contributed by atoms with Crippen molar-refractivity contribution in [2.24, 2.45) is 0 Å². The lowest BCUT2D eigenvalue weighted by Gasteiger charge is -2.31. The lowest BCUT2D eigenvalue weighted by atomic mass is 10.1. The van der Waals surface area contributed by atoms with Crippen LogP contribution in [0.4, 0.5) is 0 Å². The number of nitrogens with zero attached hydrogens (tertiary/aromatic N) is 3. The molecule has 0 aromatic carbocycles. The number of carbonyl (C=O) groups excluding carboxylic acids is 1. The molecule has 2 aliphatic rings. The fraction of sp³-hybridized carbons (Fsp3) is 0.714. The Balaban J connectivity index is 1.67. The van der Waals surface area contributed by atoms with Crippen molar-refractivity contribution in [1.82, 2.24) is 14.8 Å². The summed E-state index contributed by atoms with van der Waals surface area (Å²) >= 11 is 1.35. The van der Waals surface area contributed by atoms with E-state index in [1.165, 1.54) is 24.2 Å². The summed E-state index contributed by atoms with van der Waals surface area (Å²) < 4.78 is 0. The van der Waals surface area contributed by atoms with Crippen LogP contribution in [0.3, 0.4) is 0 Å². The molecule has 1 aliphatic carbocycles. The molecule has 2 heterocycles. The largest absolute Gasteiger partial charge is 0.389 e. The molecule has 1 aromatic rings. The lowest BCUT2D eigenvalue weighted by molar-refractivity contribution is 0.0298. The second-order valence-electron chi connectivity index (χ2n) is 5.73. The molecule has 0 bridgehead atoms. The van der Waals surface area contributed by atoms with Crippen molar-refractivity contribution in [1.29, 1.82) is 0 Å². The van der Waals surface area contributed by atoms with Crippen LogP contribution in [0, 0.1) is 0 Å². The Labute approximate surface area is 123 Å². The van der Waals surface area contributed by atoms with E-state index in [0.717, 1.165) is 25.9 Å². The lowest BCUT2D eigenvalue weighted by Crippen LogP contribution is -2.48. The monoisotopic (exact) mass is 295 g/mol. The van der Waals surface area contributed by atoms with Gasteiger partial charge in [0.2, 0.25) is 0 Å². The zero-order valence-electron chi connectivity index (χ0n) is 11.7. The standard InChI is InChI=1S/C14H21N3O2S/c1-16(14(19)12-8-15-9-20-12)10-4-5-11(13(10)18)17-6-2-3-7-17/h8-11,13,18H,2-7H2,1H3/t10-,11-,13-/m1/s1. The average Bonchev–Trinajstić information content (AvgIpc) is 3.18. The fourth-order valence-electron chi connectivity index (χ4n) is 3.48. The van der Waals surface area contributed by atoms with Crippen molar-refractivity contribution in [3.63, 3.8) is 0 Å². The van der Waals surface area contributed by atoms with E-state index >= 15 is 0 Å². The van der Waals surface area contributed by atoms with Crippen LogP contribution in [0.5, 0.6) is 0 Å². The predicted octanol–water partition coefficient (Wildman–Crippen LogP) is 1.20. The number of rotatable bonds is 3. The highest BCUT2D eigenvalue weighted by molar-refractivity contribution is 7.11. The van der Waals surface area contributed by atoms with E-state index in [9.17, 15) is 9.90 Å². The summed E-state index contributed by atoms with van der Waals surface area (Å²) in [6, 6.07) is 0.148. The number of thiazole rings is 1. The van der Waals surface area contributed by atoms with Crippen molar-refractivity contribution < 1.29 is 9.90 Å². The van der Waals surface area contributed by atoms with Crippen LogP contribution in [-0.4, -0.2) is 64.1 Å². The molecule has 1 aromatic heterocycles. The number of aromatic nitrogens is 1. The maximum absolute atomic E-state index is 12.3. The third-order valence-corrected chi connectivity index (χ3v) is 5.38. The van der Waals surface area contributed by atoms with Crippen LogP contribution in [0.1, 0.15) is 35.4 Å². The van der Waals surface area contributed by atoms with Gasteiger partial charge in [-0.1, -0.05) is 0 Å². The molecule has 1 N–H and O–H groups in total. The molecule has 3 rings (SSSR count). The highest BCUT2D eigenvalue weighted by atomic mass is 32.1. The van der Waals surface area contributed by atoms with Gasteiger partial charge in [0.1, 0.15) is 4.88 Å². The number of hydrogen-bond acceptors (Lipinski definition) is 5. The number of aliphatic hydroxyl groups excluding tert-OH is 1. The number of likely N-dealkylation sites (tertiary alicyclic amines) is 1. The second kappa shape index (κ2) is 5.79. The van der Waals surface area contributed by atoms with Crippen LogP contribution in [-0.2, 0) is 0 Å². The average molecular weight is 295 g/mol. The van der Waals surface area contributed by atoms with Crippen molar-refractivity contribution in [2.75, 3.05) is 20.1 Å². The van der Waals surface area contributed by atoms with E-state index in [1.54, 1.807) is 23.7 Å². The quantitative estimate of drug-likeness (QED) is 0.910. The maximum atomic E-state index is 12.3. The Hall–Kier alpha value is -0.980. The van der Waals surface area contributed by atoms with Gasteiger partial charge >= 0.3 is 0 Å². The Morgan fingerprint density at radius 2 is 2.20 bits per heavy atom. The normalized spacial score (nSPS) is 30.8. The van der Waals surface area contributed by atoms with Gasteiger partial charge in [0.25, 0.3) is 5.91 Å². The van der Waals surface area contributed by atoms with Gasteiger partial charge in [0.15, 0.2) is 0 Å². The Morgan fingerprint density at radius 1 is 1.45 bits per heavy atom. The van der Waals surface area contributed by atoms with Gasteiger partial charge in [0.05, 0.1) is 23.9 Å². The predicted molar refractivity (Wildman–Crippen MR) is 77.8 cm³/mol. The Morgan fingerprint density at radius 3 is 2.85 bits per heavy atom. The van der Waals surface area contributed by atoms with Gasteiger partial charge < -0.3 is 10.0 Å².